The maximum Gasteiger partial charge on any atom is 0.196 e. The molecule has 2 nitrogen and oxygen atoms in total. The van der Waals surface area contributed by atoms with Crippen molar-refractivity contribution < 1.29 is 9.53 Å². The van der Waals surface area contributed by atoms with Gasteiger partial charge in [-0.2, -0.15) is 0 Å². The Morgan fingerprint density at radius 3 is 2.47 bits per heavy atom. The molecule has 3 rings (SSSR count). The second kappa shape index (κ2) is 4.88. The molecule has 0 atom stereocenters. The molecule has 0 heterocycles. The highest BCUT2D eigenvalue weighted by atomic mass is 16.5. The maximum absolute atomic E-state index is 12.5. The molecule has 2 heteroatoms. The number of rotatable bonds is 4. The number of ketones is 1. The summed E-state index contributed by atoms with van der Waals surface area (Å²) in [5.41, 5.74) is 2.62. The predicted octanol–water partition coefficient (Wildman–Crippen LogP) is 3.80. The molecule has 0 N–H and O–H groups in total. The van der Waals surface area contributed by atoms with Crippen LogP contribution >= 0.6 is 0 Å². The van der Waals surface area contributed by atoms with Crippen molar-refractivity contribution in [3.05, 3.63) is 65.2 Å². The van der Waals surface area contributed by atoms with Gasteiger partial charge in [0.2, 0.25) is 0 Å². The smallest absolute Gasteiger partial charge is 0.196 e. The van der Waals surface area contributed by atoms with Gasteiger partial charge < -0.3 is 4.74 Å². The van der Waals surface area contributed by atoms with Crippen LogP contribution in [0.25, 0.3) is 0 Å². The quantitative estimate of drug-likeness (QED) is 0.773. The Morgan fingerprint density at radius 1 is 1.11 bits per heavy atom. The summed E-state index contributed by atoms with van der Waals surface area (Å²) in [5.74, 6) is 1.31. The average Bonchev–Trinajstić information content (AvgIpc) is 3.31. The van der Waals surface area contributed by atoms with Crippen LogP contribution in [0, 0.1) is 0 Å². The first kappa shape index (κ1) is 12.0. The molecule has 0 aliphatic heterocycles. The van der Waals surface area contributed by atoms with Crippen molar-refractivity contribution in [3.8, 4) is 5.75 Å². The first-order valence-electron chi connectivity index (χ1n) is 6.57. The lowest BCUT2D eigenvalue weighted by Gasteiger charge is -2.10. The van der Waals surface area contributed by atoms with Crippen molar-refractivity contribution in [3.63, 3.8) is 0 Å². The van der Waals surface area contributed by atoms with Crippen LogP contribution in [0.1, 0.15) is 40.2 Å². The standard InChI is InChI=1S/C17H16O2/c1-19-16-10-9-14(12-7-8-12)11-15(16)17(18)13-5-3-2-4-6-13/h2-6,9-12H,7-8H2,1H3. The van der Waals surface area contributed by atoms with Crippen molar-refractivity contribution in [2.24, 2.45) is 0 Å². The topological polar surface area (TPSA) is 26.3 Å². The Hall–Kier alpha value is -2.09. The van der Waals surface area contributed by atoms with Crippen LogP contribution in [0.3, 0.4) is 0 Å². The van der Waals surface area contributed by atoms with E-state index < -0.39 is 0 Å². The fourth-order valence-electron chi connectivity index (χ4n) is 2.32. The molecule has 1 saturated carbocycles. The van der Waals surface area contributed by atoms with Gasteiger partial charge >= 0.3 is 0 Å². The third-order valence-corrected chi connectivity index (χ3v) is 3.55. The summed E-state index contributed by atoms with van der Waals surface area (Å²) in [6, 6.07) is 15.3. The van der Waals surface area contributed by atoms with Gasteiger partial charge in [0.15, 0.2) is 5.78 Å². The highest BCUT2D eigenvalue weighted by Gasteiger charge is 2.25. The van der Waals surface area contributed by atoms with Crippen LogP contribution in [0.4, 0.5) is 0 Å². The molecule has 1 aliphatic rings. The van der Waals surface area contributed by atoms with Gasteiger partial charge in [0.1, 0.15) is 5.75 Å². The summed E-state index contributed by atoms with van der Waals surface area (Å²) in [5, 5.41) is 0. The van der Waals surface area contributed by atoms with Crippen LogP contribution in [0.2, 0.25) is 0 Å². The van der Waals surface area contributed by atoms with E-state index in [1.807, 2.05) is 42.5 Å². The molecule has 2 aromatic rings. The summed E-state index contributed by atoms with van der Waals surface area (Å²) in [6.07, 6.45) is 2.45. The number of methoxy groups -OCH3 is 1. The zero-order chi connectivity index (χ0) is 13.2. The Labute approximate surface area is 113 Å². The van der Waals surface area contributed by atoms with Crippen molar-refractivity contribution in [1.82, 2.24) is 0 Å². The van der Waals surface area contributed by atoms with Crippen LogP contribution in [-0.4, -0.2) is 12.9 Å². The van der Waals surface area contributed by atoms with Crippen molar-refractivity contribution in [1.29, 1.82) is 0 Å². The fraction of sp³-hybridized carbons (Fsp3) is 0.235. The van der Waals surface area contributed by atoms with Gasteiger partial charge in [-0.15, -0.1) is 0 Å². The van der Waals surface area contributed by atoms with E-state index in [2.05, 4.69) is 6.07 Å². The summed E-state index contributed by atoms with van der Waals surface area (Å²) in [6.45, 7) is 0. The Bertz CT molecular complexity index is 598. The van der Waals surface area contributed by atoms with E-state index in [1.165, 1.54) is 18.4 Å². The van der Waals surface area contributed by atoms with Crippen molar-refractivity contribution in [2.75, 3.05) is 7.11 Å². The largest absolute Gasteiger partial charge is 0.496 e. The highest BCUT2D eigenvalue weighted by Crippen LogP contribution is 2.41. The molecule has 96 valence electrons. The number of hydrogen-bond acceptors (Lipinski definition) is 2. The molecule has 0 saturated heterocycles. The number of ether oxygens (including phenoxy) is 1. The summed E-state index contributed by atoms with van der Waals surface area (Å²) < 4.78 is 5.32. The van der Waals surface area contributed by atoms with Gasteiger partial charge in [0.25, 0.3) is 0 Å². The third kappa shape index (κ3) is 2.39. The zero-order valence-electron chi connectivity index (χ0n) is 10.9. The van der Waals surface area contributed by atoms with E-state index in [0.29, 0.717) is 22.8 Å². The highest BCUT2D eigenvalue weighted by molar-refractivity contribution is 6.10. The van der Waals surface area contributed by atoms with Crippen molar-refractivity contribution >= 4 is 5.78 Å². The van der Waals surface area contributed by atoms with Crippen LogP contribution in [-0.2, 0) is 0 Å². The summed E-state index contributed by atoms with van der Waals surface area (Å²) in [7, 11) is 1.61. The molecule has 1 fully saturated rings. The molecule has 0 spiro atoms. The van der Waals surface area contributed by atoms with E-state index in [1.54, 1.807) is 7.11 Å². The van der Waals surface area contributed by atoms with E-state index in [-0.39, 0.29) is 5.78 Å². The first-order valence-corrected chi connectivity index (χ1v) is 6.57. The lowest BCUT2D eigenvalue weighted by molar-refractivity contribution is 0.103. The Kier molecular flexibility index (Phi) is 3.08. The minimum Gasteiger partial charge on any atom is -0.496 e. The van der Waals surface area contributed by atoms with Crippen LogP contribution < -0.4 is 4.74 Å². The molecule has 1 aliphatic carbocycles. The van der Waals surface area contributed by atoms with E-state index in [9.17, 15) is 4.79 Å². The molecule has 0 aromatic heterocycles. The lowest BCUT2D eigenvalue weighted by Crippen LogP contribution is -2.04. The number of benzene rings is 2. The number of hydrogen-bond donors (Lipinski definition) is 0. The van der Waals surface area contributed by atoms with E-state index in [4.69, 9.17) is 4.74 Å². The Morgan fingerprint density at radius 2 is 1.84 bits per heavy atom. The molecule has 0 unspecified atom stereocenters. The molecule has 2 aromatic carbocycles. The van der Waals surface area contributed by atoms with Gasteiger partial charge in [0, 0.05) is 5.56 Å². The molecule has 0 amide bonds. The third-order valence-electron chi connectivity index (χ3n) is 3.55. The monoisotopic (exact) mass is 252 g/mol. The first-order chi connectivity index (χ1) is 9.29. The van der Waals surface area contributed by atoms with E-state index in [0.717, 1.165) is 0 Å². The SMILES string of the molecule is COc1ccc(C2CC2)cc1C(=O)c1ccccc1. The summed E-state index contributed by atoms with van der Waals surface area (Å²) >= 11 is 0. The molecular weight excluding hydrogens is 236 g/mol. The van der Waals surface area contributed by atoms with Gasteiger partial charge in [-0.1, -0.05) is 36.4 Å². The molecule has 0 radical (unpaired) electrons. The van der Waals surface area contributed by atoms with Gasteiger partial charge in [-0.05, 0) is 36.5 Å². The van der Waals surface area contributed by atoms with E-state index >= 15 is 0 Å². The minimum atomic E-state index is 0.0277. The number of carbonyl (C=O) groups excluding carboxylic acids is 1. The predicted molar refractivity (Wildman–Crippen MR) is 74.8 cm³/mol. The fourth-order valence-corrected chi connectivity index (χ4v) is 2.32. The molecular formula is C17H16O2. The second-order valence-electron chi connectivity index (χ2n) is 4.93. The average molecular weight is 252 g/mol. The van der Waals surface area contributed by atoms with Crippen LogP contribution in [0.5, 0.6) is 5.75 Å². The summed E-state index contributed by atoms with van der Waals surface area (Å²) in [4.78, 5) is 12.5. The maximum atomic E-state index is 12.5. The normalized spacial score (nSPS) is 14.2. The van der Waals surface area contributed by atoms with Gasteiger partial charge in [0.05, 0.1) is 12.7 Å². The molecule has 19 heavy (non-hydrogen) atoms. The zero-order valence-corrected chi connectivity index (χ0v) is 10.9. The number of carbonyl (C=O) groups is 1. The molecule has 0 bridgehead atoms. The second-order valence-corrected chi connectivity index (χ2v) is 4.93. The Balaban J connectivity index is 2.02. The van der Waals surface area contributed by atoms with Gasteiger partial charge in [-0.3, -0.25) is 4.79 Å². The lowest BCUT2D eigenvalue weighted by atomic mass is 9.99. The van der Waals surface area contributed by atoms with Gasteiger partial charge in [-0.25, -0.2) is 0 Å². The van der Waals surface area contributed by atoms with Crippen molar-refractivity contribution in [2.45, 2.75) is 18.8 Å². The van der Waals surface area contributed by atoms with Crippen LogP contribution in [0.15, 0.2) is 48.5 Å². The minimum absolute atomic E-state index is 0.0277.